The molecule has 2 aliphatic rings. The van der Waals surface area contributed by atoms with Crippen molar-refractivity contribution < 1.29 is 18.3 Å². The summed E-state index contributed by atoms with van der Waals surface area (Å²) in [5.74, 6) is 1.41. The predicted molar refractivity (Wildman–Crippen MR) is 98.3 cm³/mol. The molecule has 10 heteroatoms. The normalized spacial score (nSPS) is 18.6. The zero-order chi connectivity index (χ0) is 19.5. The molecule has 2 aliphatic heterocycles. The van der Waals surface area contributed by atoms with Crippen LogP contribution in [0.1, 0.15) is 36.6 Å². The van der Waals surface area contributed by atoms with Gasteiger partial charge in [-0.25, -0.2) is 18.7 Å². The van der Waals surface area contributed by atoms with Crippen molar-refractivity contribution in [1.29, 1.82) is 0 Å². The van der Waals surface area contributed by atoms with E-state index in [-0.39, 0.29) is 28.7 Å². The van der Waals surface area contributed by atoms with E-state index >= 15 is 0 Å². The number of nitrogens with zero attached hydrogens (tertiary/aromatic N) is 5. The molecule has 0 atom stereocenters. The van der Waals surface area contributed by atoms with Gasteiger partial charge in [0, 0.05) is 49.5 Å². The maximum atomic E-state index is 13.6. The summed E-state index contributed by atoms with van der Waals surface area (Å²) in [6.45, 7) is 3.67. The quantitative estimate of drug-likeness (QED) is 0.845. The molecule has 0 radical (unpaired) electrons. The number of rotatable bonds is 4. The molecule has 0 aliphatic carbocycles. The first kappa shape index (κ1) is 18.9. The van der Waals surface area contributed by atoms with Crippen LogP contribution in [0.15, 0.2) is 12.3 Å². The van der Waals surface area contributed by atoms with Crippen LogP contribution < -0.4 is 10.6 Å². The van der Waals surface area contributed by atoms with Gasteiger partial charge in [-0.05, 0) is 18.9 Å². The van der Waals surface area contributed by atoms with E-state index in [1.165, 1.54) is 12.3 Å². The number of morpholine rings is 1. The number of halogens is 2. The monoisotopic (exact) mass is 392 g/mol. The maximum absolute atomic E-state index is 13.6. The molecule has 8 nitrogen and oxygen atoms in total. The van der Waals surface area contributed by atoms with Gasteiger partial charge >= 0.3 is 0 Å². The SMILES string of the molecule is Nc1cc(C(F)F)c(-c2nc(C3CCOCC3)nc(N3CCOCC3)n2)cn1. The second kappa shape index (κ2) is 8.27. The molecule has 28 heavy (non-hydrogen) atoms. The second-order valence-corrected chi connectivity index (χ2v) is 6.80. The van der Waals surface area contributed by atoms with E-state index in [2.05, 4.69) is 19.9 Å². The first-order chi connectivity index (χ1) is 13.6. The Hall–Kier alpha value is -2.46. The Kier molecular flexibility index (Phi) is 5.58. The number of hydrogen-bond acceptors (Lipinski definition) is 8. The van der Waals surface area contributed by atoms with E-state index in [1.807, 2.05) is 4.90 Å². The van der Waals surface area contributed by atoms with Crippen LogP contribution >= 0.6 is 0 Å². The van der Waals surface area contributed by atoms with Crippen molar-refractivity contribution in [3.05, 3.63) is 23.7 Å². The lowest BCUT2D eigenvalue weighted by Crippen LogP contribution is -2.37. The fourth-order valence-corrected chi connectivity index (χ4v) is 3.40. The maximum Gasteiger partial charge on any atom is 0.264 e. The van der Waals surface area contributed by atoms with Crippen molar-refractivity contribution in [3.8, 4) is 11.4 Å². The summed E-state index contributed by atoms with van der Waals surface area (Å²) < 4.78 is 38.0. The minimum atomic E-state index is -2.71. The van der Waals surface area contributed by atoms with E-state index in [0.717, 1.165) is 12.8 Å². The van der Waals surface area contributed by atoms with E-state index in [1.54, 1.807) is 0 Å². The molecule has 0 saturated carbocycles. The summed E-state index contributed by atoms with van der Waals surface area (Å²) in [6, 6.07) is 1.17. The van der Waals surface area contributed by atoms with Crippen LogP contribution in [0.4, 0.5) is 20.5 Å². The fraction of sp³-hybridized carbons (Fsp3) is 0.556. The predicted octanol–water partition coefficient (Wildman–Crippen LogP) is 2.18. The minimum absolute atomic E-state index is 0.0335. The fourth-order valence-electron chi connectivity index (χ4n) is 3.40. The first-order valence-electron chi connectivity index (χ1n) is 9.32. The van der Waals surface area contributed by atoms with Crippen LogP contribution in [0.2, 0.25) is 0 Å². The van der Waals surface area contributed by atoms with Gasteiger partial charge in [-0.3, -0.25) is 0 Å². The lowest BCUT2D eigenvalue weighted by molar-refractivity contribution is 0.0835. The lowest BCUT2D eigenvalue weighted by atomic mass is 9.99. The molecular weight excluding hydrogens is 370 g/mol. The molecule has 0 spiro atoms. The zero-order valence-corrected chi connectivity index (χ0v) is 15.4. The number of anilines is 2. The number of aromatic nitrogens is 4. The topological polar surface area (TPSA) is 99.3 Å². The van der Waals surface area contributed by atoms with Gasteiger partial charge in [0.25, 0.3) is 6.43 Å². The number of nitrogens with two attached hydrogens (primary N) is 1. The third-order valence-corrected chi connectivity index (χ3v) is 4.95. The van der Waals surface area contributed by atoms with Gasteiger partial charge in [0.2, 0.25) is 5.95 Å². The zero-order valence-electron chi connectivity index (χ0n) is 15.4. The highest BCUT2D eigenvalue weighted by molar-refractivity contribution is 5.62. The average molecular weight is 392 g/mol. The molecular formula is C18H22F2N6O2. The number of pyridine rings is 1. The molecule has 4 rings (SSSR count). The van der Waals surface area contributed by atoms with Crippen LogP contribution in [0.3, 0.4) is 0 Å². The molecule has 150 valence electrons. The van der Waals surface area contributed by atoms with E-state index < -0.39 is 6.43 Å². The van der Waals surface area contributed by atoms with Gasteiger partial charge in [0.1, 0.15) is 11.6 Å². The van der Waals surface area contributed by atoms with Crippen LogP contribution in [0, 0.1) is 0 Å². The van der Waals surface area contributed by atoms with Crippen LogP contribution in [0.5, 0.6) is 0 Å². The number of ether oxygens (including phenoxy) is 2. The summed E-state index contributed by atoms with van der Waals surface area (Å²) in [4.78, 5) is 19.7. The van der Waals surface area contributed by atoms with Crippen molar-refractivity contribution in [1.82, 2.24) is 19.9 Å². The molecule has 0 unspecified atom stereocenters. The van der Waals surface area contributed by atoms with E-state index in [4.69, 9.17) is 15.2 Å². The molecule has 0 bridgehead atoms. The van der Waals surface area contributed by atoms with Gasteiger partial charge in [0.15, 0.2) is 5.82 Å². The van der Waals surface area contributed by atoms with Gasteiger partial charge in [-0.2, -0.15) is 9.97 Å². The van der Waals surface area contributed by atoms with Crippen LogP contribution in [0.25, 0.3) is 11.4 Å². The van der Waals surface area contributed by atoms with Crippen molar-refractivity contribution >= 4 is 11.8 Å². The average Bonchev–Trinajstić information content (AvgIpc) is 2.74. The summed E-state index contributed by atoms with van der Waals surface area (Å²) in [5, 5.41) is 0. The van der Waals surface area contributed by atoms with Gasteiger partial charge in [-0.15, -0.1) is 0 Å². The third-order valence-electron chi connectivity index (χ3n) is 4.95. The standard InChI is InChI=1S/C18H22F2N6O2/c19-15(20)12-9-14(21)22-10-13(12)17-23-16(11-1-5-27-6-2-11)24-18(25-17)26-3-7-28-8-4-26/h9-11,15H,1-8H2,(H2,21,22). The molecule has 4 heterocycles. The molecule has 0 amide bonds. The molecule has 2 fully saturated rings. The molecule has 2 N–H and O–H groups in total. The summed E-state index contributed by atoms with van der Waals surface area (Å²) in [6.07, 6.45) is 0.167. The lowest BCUT2D eigenvalue weighted by Gasteiger charge is -2.28. The number of hydrogen-bond donors (Lipinski definition) is 1. The van der Waals surface area contributed by atoms with Crippen molar-refractivity contribution in [3.63, 3.8) is 0 Å². The summed E-state index contributed by atoms with van der Waals surface area (Å²) in [7, 11) is 0. The van der Waals surface area contributed by atoms with Crippen molar-refractivity contribution in [2.24, 2.45) is 0 Å². The first-order valence-corrected chi connectivity index (χ1v) is 9.32. The number of nitrogen functional groups attached to an aromatic ring is 1. The highest BCUT2D eigenvalue weighted by Gasteiger charge is 2.25. The second-order valence-electron chi connectivity index (χ2n) is 6.80. The van der Waals surface area contributed by atoms with Crippen molar-refractivity contribution in [2.45, 2.75) is 25.2 Å². The van der Waals surface area contributed by atoms with Crippen LogP contribution in [-0.4, -0.2) is 59.5 Å². The Balaban J connectivity index is 1.79. The van der Waals surface area contributed by atoms with E-state index in [9.17, 15) is 8.78 Å². The molecule has 2 aromatic heterocycles. The Labute approximate surface area is 161 Å². The Morgan fingerprint density at radius 1 is 1.04 bits per heavy atom. The van der Waals surface area contributed by atoms with Gasteiger partial charge in [-0.1, -0.05) is 0 Å². The summed E-state index contributed by atoms with van der Waals surface area (Å²) in [5.41, 5.74) is 5.55. The smallest absolute Gasteiger partial charge is 0.264 e. The molecule has 2 aromatic rings. The van der Waals surface area contributed by atoms with Crippen LogP contribution in [-0.2, 0) is 9.47 Å². The largest absolute Gasteiger partial charge is 0.384 e. The molecule has 2 saturated heterocycles. The van der Waals surface area contributed by atoms with Crippen molar-refractivity contribution in [2.75, 3.05) is 50.2 Å². The third kappa shape index (κ3) is 4.02. The highest BCUT2D eigenvalue weighted by atomic mass is 19.3. The highest BCUT2D eigenvalue weighted by Crippen LogP contribution is 2.32. The molecule has 0 aromatic carbocycles. The number of alkyl halides is 2. The Morgan fingerprint density at radius 3 is 2.46 bits per heavy atom. The Morgan fingerprint density at radius 2 is 1.75 bits per heavy atom. The van der Waals surface area contributed by atoms with E-state index in [0.29, 0.717) is 51.3 Å². The minimum Gasteiger partial charge on any atom is -0.384 e. The Bertz CT molecular complexity index is 789. The van der Waals surface area contributed by atoms with Gasteiger partial charge in [0.05, 0.1) is 13.2 Å². The van der Waals surface area contributed by atoms with Gasteiger partial charge < -0.3 is 20.1 Å². The summed E-state index contributed by atoms with van der Waals surface area (Å²) >= 11 is 0.